The van der Waals surface area contributed by atoms with Gasteiger partial charge in [-0.05, 0) is 62.7 Å². The zero-order valence-corrected chi connectivity index (χ0v) is 17.7. The minimum atomic E-state index is -0.0736. The minimum absolute atomic E-state index is 0.00927. The highest BCUT2D eigenvalue weighted by Crippen LogP contribution is 2.33. The Hall–Kier alpha value is -3.86. The van der Waals surface area contributed by atoms with Crippen molar-refractivity contribution >= 4 is 27.6 Å². The number of hydrogen-bond acceptors (Lipinski definition) is 4. The molecule has 0 aliphatic heterocycles. The van der Waals surface area contributed by atoms with Crippen molar-refractivity contribution in [3.63, 3.8) is 0 Å². The van der Waals surface area contributed by atoms with Gasteiger partial charge in [-0.1, -0.05) is 12.1 Å². The Morgan fingerprint density at radius 1 is 1.06 bits per heavy atom. The van der Waals surface area contributed by atoms with Gasteiger partial charge in [0.05, 0.1) is 11.4 Å². The van der Waals surface area contributed by atoms with E-state index in [0.29, 0.717) is 22.3 Å². The lowest BCUT2D eigenvalue weighted by Gasteiger charge is -2.19. The van der Waals surface area contributed by atoms with Crippen LogP contribution < -0.4 is 10.7 Å². The Balaban J connectivity index is 1.68. The topological polar surface area (TPSA) is 70.9 Å². The van der Waals surface area contributed by atoms with Gasteiger partial charge in [0.15, 0.2) is 5.43 Å². The molecule has 31 heavy (non-hydrogen) atoms. The van der Waals surface area contributed by atoms with E-state index in [2.05, 4.69) is 46.5 Å². The third-order valence-corrected chi connectivity index (χ3v) is 5.75. The highest BCUT2D eigenvalue weighted by molar-refractivity contribution is 5.92. The Morgan fingerprint density at radius 2 is 1.94 bits per heavy atom. The quantitative estimate of drug-likeness (QED) is 0.375. The second kappa shape index (κ2) is 7.43. The predicted molar refractivity (Wildman–Crippen MR) is 126 cm³/mol. The first kappa shape index (κ1) is 19.1. The van der Waals surface area contributed by atoms with Gasteiger partial charge in [0, 0.05) is 51.9 Å². The number of aromatic nitrogens is 2. The predicted octanol–water partition coefficient (Wildman–Crippen LogP) is 6.13. The van der Waals surface area contributed by atoms with Crippen LogP contribution in [-0.2, 0) is 0 Å². The molecule has 0 amide bonds. The number of aromatic amines is 1. The molecule has 0 spiro atoms. The van der Waals surface area contributed by atoms with E-state index in [-0.39, 0.29) is 11.5 Å². The van der Waals surface area contributed by atoms with Crippen LogP contribution in [0.25, 0.3) is 33.2 Å². The molecule has 0 radical (unpaired) electrons. The molecule has 5 heteroatoms. The average Bonchev–Trinajstić information content (AvgIpc) is 3.26. The van der Waals surface area contributed by atoms with Gasteiger partial charge in [-0.15, -0.1) is 0 Å². The van der Waals surface area contributed by atoms with Crippen LogP contribution in [0.15, 0.2) is 76.3 Å². The molecule has 0 bridgehead atoms. The van der Waals surface area contributed by atoms with Crippen LogP contribution in [0.3, 0.4) is 0 Å². The van der Waals surface area contributed by atoms with E-state index in [0.717, 1.165) is 33.3 Å². The monoisotopic (exact) mass is 409 g/mol. The summed E-state index contributed by atoms with van der Waals surface area (Å²) in [6.07, 6.45) is 5.37. The Bertz CT molecular complexity index is 1470. The molecule has 0 saturated carbocycles. The molecule has 3 aromatic heterocycles. The molecule has 5 rings (SSSR count). The van der Waals surface area contributed by atoms with E-state index < -0.39 is 0 Å². The van der Waals surface area contributed by atoms with Crippen LogP contribution in [0.2, 0.25) is 0 Å². The largest absolute Gasteiger partial charge is 0.455 e. The summed E-state index contributed by atoms with van der Waals surface area (Å²) in [5.41, 5.74) is 6.07. The van der Waals surface area contributed by atoms with Crippen molar-refractivity contribution in [3.05, 3.63) is 94.0 Å². The first-order valence-corrected chi connectivity index (χ1v) is 10.3. The highest BCUT2D eigenvalue weighted by atomic mass is 16.3. The first-order chi connectivity index (χ1) is 15.0. The fourth-order valence-corrected chi connectivity index (χ4v) is 4.18. The van der Waals surface area contributed by atoms with Gasteiger partial charge in [-0.3, -0.25) is 9.78 Å². The van der Waals surface area contributed by atoms with Crippen LogP contribution in [0.5, 0.6) is 0 Å². The van der Waals surface area contributed by atoms with Gasteiger partial charge in [0.2, 0.25) is 0 Å². The molecule has 154 valence electrons. The van der Waals surface area contributed by atoms with Gasteiger partial charge in [-0.2, -0.15) is 0 Å². The number of benzene rings is 2. The van der Waals surface area contributed by atoms with Gasteiger partial charge in [0.25, 0.3) is 0 Å². The van der Waals surface area contributed by atoms with Gasteiger partial charge in [-0.25, -0.2) is 0 Å². The van der Waals surface area contributed by atoms with Crippen molar-refractivity contribution in [1.29, 1.82) is 0 Å². The van der Waals surface area contributed by atoms with Crippen LogP contribution in [-0.4, -0.2) is 9.97 Å². The molecule has 0 aliphatic carbocycles. The summed E-state index contributed by atoms with van der Waals surface area (Å²) >= 11 is 0. The number of H-pyrrole nitrogens is 1. The molecule has 5 nitrogen and oxygen atoms in total. The normalized spacial score (nSPS) is 12.4. The molecule has 0 aliphatic rings. The number of rotatable bonds is 4. The van der Waals surface area contributed by atoms with Crippen molar-refractivity contribution in [2.45, 2.75) is 26.8 Å². The second-order valence-corrected chi connectivity index (χ2v) is 7.97. The fraction of sp³-hybridized carbons (Fsp3) is 0.154. The Morgan fingerprint density at radius 3 is 2.74 bits per heavy atom. The summed E-state index contributed by atoms with van der Waals surface area (Å²) < 4.78 is 6.39. The lowest BCUT2D eigenvalue weighted by molar-refractivity contribution is 0.605. The summed E-state index contributed by atoms with van der Waals surface area (Å²) in [7, 11) is 0. The SMILES string of the molecule is Cc1cc(C(C)Nc2cccc3[nH]ccc23)c2oc(-c3cccnc3)c(C)c(=O)c2c1. The first-order valence-electron chi connectivity index (χ1n) is 10.3. The highest BCUT2D eigenvalue weighted by Gasteiger charge is 2.19. The van der Waals surface area contributed by atoms with Crippen LogP contribution >= 0.6 is 0 Å². The van der Waals surface area contributed by atoms with Crippen LogP contribution in [0.1, 0.15) is 29.7 Å². The molecule has 1 unspecified atom stereocenters. The smallest absolute Gasteiger partial charge is 0.196 e. The molecular weight excluding hydrogens is 386 g/mol. The molecule has 1 atom stereocenters. The Labute approximate surface area is 179 Å². The van der Waals surface area contributed by atoms with Crippen LogP contribution in [0.4, 0.5) is 5.69 Å². The molecule has 3 heterocycles. The number of nitrogens with one attached hydrogen (secondary N) is 2. The molecule has 0 saturated heterocycles. The summed E-state index contributed by atoms with van der Waals surface area (Å²) in [6.45, 7) is 5.90. The number of pyridine rings is 1. The average molecular weight is 409 g/mol. The van der Waals surface area contributed by atoms with Crippen molar-refractivity contribution in [3.8, 4) is 11.3 Å². The standard InChI is InChI=1S/C26H23N3O2/c1-15-12-20(17(3)29-23-8-4-7-22-19(23)9-11-28-22)26-21(13-15)24(30)16(2)25(31-26)18-6-5-10-27-14-18/h4-14,17,28-29H,1-3H3. The Kier molecular flexibility index (Phi) is 4.59. The number of anilines is 1. The van der Waals surface area contributed by atoms with Crippen LogP contribution in [0, 0.1) is 13.8 Å². The van der Waals surface area contributed by atoms with E-state index in [9.17, 15) is 4.79 Å². The maximum atomic E-state index is 13.2. The lowest BCUT2D eigenvalue weighted by Crippen LogP contribution is -2.12. The van der Waals surface area contributed by atoms with Gasteiger partial charge >= 0.3 is 0 Å². The van der Waals surface area contributed by atoms with Gasteiger partial charge in [0.1, 0.15) is 11.3 Å². The summed E-state index contributed by atoms with van der Waals surface area (Å²) in [5.74, 6) is 0.565. The number of aryl methyl sites for hydroxylation is 1. The van der Waals surface area contributed by atoms with Crippen molar-refractivity contribution in [2.75, 3.05) is 5.32 Å². The molecular formula is C26H23N3O2. The number of hydrogen-bond donors (Lipinski definition) is 2. The van der Waals surface area contributed by atoms with E-state index in [1.165, 1.54) is 0 Å². The zero-order valence-electron chi connectivity index (χ0n) is 17.7. The van der Waals surface area contributed by atoms with Crippen molar-refractivity contribution in [1.82, 2.24) is 9.97 Å². The summed E-state index contributed by atoms with van der Waals surface area (Å²) in [5, 5.41) is 5.34. The molecule has 0 fully saturated rings. The molecule has 5 aromatic rings. The number of fused-ring (bicyclic) bond motifs is 2. The zero-order chi connectivity index (χ0) is 21.5. The van der Waals surface area contributed by atoms with E-state index >= 15 is 0 Å². The maximum Gasteiger partial charge on any atom is 0.196 e. The third kappa shape index (κ3) is 3.28. The molecule has 2 aromatic carbocycles. The second-order valence-electron chi connectivity index (χ2n) is 7.97. The lowest BCUT2D eigenvalue weighted by atomic mass is 9.99. The molecule has 2 N–H and O–H groups in total. The maximum absolute atomic E-state index is 13.2. The third-order valence-electron chi connectivity index (χ3n) is 5.75. The van der Waals surface area contributed by atoms with Crippen molar-refractivity contribution in [2.24, 2.45) is 0 Å². The minimum Gasteiger partial charge on any atom is -0.455 e. The van der Waals surface area contributed by atoms with E-state index in [1.807, 2.05) is 44.3 Å². The summed E-state index contributed by atoms with van der Waals surface area (Å²) in [4.78, 5) is 20.7. The van der Waals surface area contributed by atoms with Gasteiger partial charge < -0.3 is 14.7 Å². The van der Waals surface area contributed by atoms with E-state index in [1.54, 1.807) is 12.4 Å². The van der Waals surface area contributed by atoms with E-state index in [4.69, 9.17) is 4.42 Å². The number of nitrogens with zero attached hydrogens (tertiary/aromatic N) is 1. The summed E-state index contributed by atoms with van der Waals surface area (Å²) in [6, 6.07) is 15.9. The fourth-order valence-electron chi connectivity index (χ4n) is 4.18. The van der Waals surface area contributed by atoms with Crippen molar-refractivity contribution < 1.29 is 4.42 Å².